The van der Waals surface area contributed by atoms with Crippen molar-refractivity contribution in [3.05, 3.63) is 35.4 Å². The van der Waals surface area contributed by atoms with Crippen molar-refractivity contribution in [3.8, 4) is 0 Å². The molecule has 1 aliphatic heterocycles. The Labute approximate surface area is 99.3 Å². The molecule has 1 fully saturated rings. The largest absolute Gasteiger partial charge is 0.347 e. The molecule has 1 aromatic carbocycles. The Morgan fingerprint density at radius 3 is 2.81 bits per heavy atom. The molecule has 4 heteroatoms. The second kappa shape index (κ2) is 4.17. The van der Waals surface area contributed by atoms with E-state index in [1.165, 1.54) is 0 Å². The number of rotatable bonds is 2. The van der Waals surface area contributed by atoms with Gasteiger partial charge < -0.3 is 9.47 Å². The van der Waals surface area contributed by atoms with Crippen LogP contribution in [0.5, 0.6) is 0 Å². The Morgan fingerprint density at radius 2 is 2.25 bits per heavy atom. The van der Waals surface area contributed by atoms with Gasteiger partial charge >= 0.3 is 0 Å². The normalized spacial score (nSPS) is 23.3. The topological polar surface area (TPSA) is 35.5 Å². The molecule has 0 radical (unpaired) electrons. The van der Waals surface area contributed by atoms with Crippen LogP contribution in [-0.4, -0.2) is 17.6 Å². The third kappa shape index (κ3) is 2.43. The summed E-state index contributed by atoms with van der Waals surface area (Å²) in [6.45, 7) is 4.22. The Bertz CT molecular complexity index is 414. The summed E-state index contributed by atoms with van der Waals surface area (Å²) in [6, 6.07) is 7.11. The lowest BCUT2D eigenvalue weighted by Crippen LogP contribution is -2.19. The van der Waals surface area contributed by atoms with E-state index in [1.807, 2.05) is 19.9 Å². The van der Waals surface area contributed by atoms with E-state index in [-0.39, 0.29) is 6.10 Å². The van der Waals surface area contributed by atoms with Gasteiger partial charge in [-0.05, 0) is 37.1 Å². The molecule has 16 heavy (non-hydrogen) atoms. The van der Waals surface area contributed by atoms with Gasteiger partial charge in [0, 0.05) is 5.56 Å². The molecule has 0 spiro atoms. The Kier molecular flexibility index (Phi) is 3.02. The highest BCUT2D eigenvalue weighted by Gasteiger charge is 2.33. The second-order valence-corrected chi connectivity index (χ2v) is 4.56. The van der Waals surface area contributed by atoms with Crippen molar-refractivity contribution in [1.29, 1.82) is 0 Å². The summed E-state index contributed by atoms with van der Waals surface area (Å²) in [5.41, 5.74) is 1.39. The Morgan fingerprint density at radius 1 is 1.50 bits per heavy atom. The van der Waals surface area contributed by atoms with E-state index >= 15 is 0 Å². The van der Waals surface area contributed by atoms with Gasteiger partial charge in [0.1, 0.15) is 6.10 Å². The lowest BCUT2D eigenvalue weighted by atomic mass is 10.1. The third-order valence-electron chi connectivity index (χ3n) is 2.49. The van der Waals surface area contributed by atoms with Gasteiger partial charge in [-0.3, -0.25) is 4.79 Å². The van der Waals surface area contributed by atoms with Crippen molar-refractivity contribution in [2.24, 2.45) is 0 Å². The van der Waals surface area contributed by atoms with Gasteiger partial charge in [0.15, 0.2) is 5.79 Å². The molecule has 2 rings (SSSR count). The molecule has 1 aliphatic rings. The monoisotopic (exact) mass is 240 g/mol. The predicted octanol–water partition coefficient (Wildman–Crippen LogP) is 2.89. The molecule has 0 N–H and O–H groups in total. The molecule has 0 bridgehead atoms. The minimum absolute atomic E-state index is 0.133. The van der Waals surface area contributed by atoms with Crippen LogP contribution in [0.3, 0.4) is 0 Å². The van der Waals surface area contributed by atoms with Gasteiger partial charge in [-0.15, -0.1) is 0 Å². The first kappa shape index (κ1) is 11.6. The van der Waals surface area contributed by atoms with Crippen LogP contribution in [0, 0.1) is 0 Å². The molecule has 1 saturated heterocycles. The summed E-state index contributed by atoms with van der Waals surface area (Å²) in [6.07, 6.45) is -0.133. The van der Waals surface area contributed by atoms with Crippen molar-refractivity contribution in [3.63, 3.8) is 0 Å². The molecule has 0 aliphatic carbocycles. The predicted molar refractivity (Wildman–Crippen MR) is 60.5 cm³/mol. The first-order valence-corrected chi connectivity index (χ1v) is 5.47. The van der Waals surface area contributed by atoms with Crippen molar-refractivity contribution in [2.75, 3.05) is 6.61 Å². The first-order chi connectivity index (χ1) is 7.48. The summed E-state index contributed by atoms with van der Waals surface area (Å²) in [7, 11) is 0. The van der Waals surface area contributed by atoms with Gasteiger partial charge in [0.05, 0.1) is 6.61 Å². The van der Waals surface area contributed by atoms with Crippen LogP contribution in [-0.2, 0) is 9.47 Å². The second-order valence-electron chi connectivity index (χ2n) is 4.22. The zero-order valence-electron chi connectivity index (χ0n) is 9.20. The fraction of sp³-hybridized carbons (Fsp3) is 0.417. The average Bonchev–Trinajstić information content (AvgIpc) is 2.59. The standard InChI is InChI=1S/C12H13ClO3/c1-12(2)15-7-10(16-12)8-4-3-5-9(6-8)11(13)14/h3-6,10H,7H2,1-2H3. The number of halogens is 1. The Balaban J connectivity index is 2.22. The summed E-state index contributed by atoms with van der Waals surface area (Å²) in [5, 5.41) is -0.458. The maximum Gasteiger partial charge on any atom is 0.252 e. The summed E-state index contributed by atoms with van der Waals surface area (Å²) >= 11 is 5.43. The van der Waals surface area contributed by atoms with Crippen molar-refractivity contribution >= 4 is 16.8 Å². The minimum Gasteiger partial charge on any atom is -0.347 e. The number of hydrogen-bond acceptors (Lipinski definition) is 3. The highest BCUT2D eigenvalue weighted by atomic mass is 35.5. The molecule has 0 aromatic heterocycles. The van der Waals surface area contributed by atoms with Gasteiger partial charge in [-0.25, -0.2) is 0 Å². The van der Waals surface area contributed by atoms with E-state index in [4.69, 9.17) is 21.1 Å². The molecule has 1 aromatic rings. The van der Waals surface area contributed by atoms with Gasteiger partial charge in [0.25, 0.3) is 5.24 Å². The number of carbonyl (C=O) groups is 1. The summed E-state index contributed by atoms with van der Waals surface area (Å²) in [5.74, 6) is -0.564. The summed E-state index contributed by atoms with van der Waals surface area (Å²) < 4.78 is 11.2. The highest BCUT2D eigenvalue weighted by Crippen LogP contribution is 2.33. The van der Waals surface area contributed by atoms with E-state index in [9.17, 15) is 4.79 Å². The minimum atomic E-state index is -0.564. The summed E-state index contributed by atoms with van der Waals surface area (Å²) in [4.78, 5) is 11.0. The molecule has 1 heterocycles. The van der Waals surface area contributed by atoms with Gasteiger partial charge in [-0.2, -0.15) is 0 Å². The SMILES string of the molecule is CC1(C)OCC(c2cccc(C(=O)Cl)c2)O1. The van der Waals surface area contributed by atoms with Crippen LogP contribution >= 0.6 is 11.6 Å². The average molecular weight is 241 g/mol. The van der Waals surface area contributed by atoms with Gasteiger partial charge in [0.2, 0.25) is 0 Å². The molecule has 3 nitrogen and oxygen atoms in total. The van der Waals surface area contributed by atoms with Crippen molar-refractivity contribution in [2.45, 2.75) is 25.7 Å². The van der Waals surface area contributed by atoms with E-state index in [1.54, 1.807) is 18.2 Å². The number of hydrogen-bond donors (Lipinski definition) is 0. The van der Waals surface area contributed by atoms with E-state index in [0.717, 1.165) is 5.56 Å². The smallest absolute Gasteiger partial charge is 0.252 e. The number of carbonyl (C=O) groups excluding carboxylic acids is 1. The van der Waals surface area contributed by atoms with Crippen LogP contribution in [0.25, 0.3) is 0 Å². The van der Waals surface area contributed by atoms with Crippen LogP contribution in [0.15, 0.2) is 24.3 Å². The third-order valence-corrected chi connectivity index (χ3v) is 2.71. The maximum atomic E-state index is 11.0. The molecular weight excluding hydrogens is 228 g/mol. The van der Waals surface area contributed by atoms with Crippen LogP contribution < -0.4 is 0 Å². The van der Waals surface area contributed by atoms with Gasteiger partial charge in [-0.1, -0.05) is 18.2 Å². The molecule has 0 amide bonds. The zero-order valence-corrected chi connectivity index (χ0v) is 9.95. The fourth-order valence-corrected chi connectivity index (χ4v) is 1.83. The fourth-order valence-electron chi connectivity index (χ4n) is 1.71. The van der Waals surface area contributed by atoms with Crippen molar-refractivity contribution in [1.82, 2.24) is 0 Å². The lowest BCUT2D eigenvalue weighted by Gasteiger charge is -2.17. The number of benzene rings is 1. The van der Waals surface area contributed by atoms with Crippen LogP contribution in [0.2, 0.25) is 0 Å². The first-order valence-electron chi connectivity index (χ1n) is 5.09. The Hall–Kier alpha value is -0.900. The van der Waals surface area contributed by atoms with Crippen molar-refractivity contribution < 1.29 is 14.3 Å². The van der Waals surface area contributed by atoms with Crippen LogP contribution in [0.4, 0.5) is 0 Å². The van der Waals surface area contributed by atoms with Crippen LogP contribution in [0.1, 0.15) is 35.9 Å². The molecule has 86 valence electrons. The molecular formula is C12H13ClO3. The van der Waals surface area contributed by atoms with E-state index < -0.39 is 11.0 Å². The maximum absolute atomic E-state index is 11.0. The molecule has 1 unspecified atom stereocenters. The lowest BCUT2D eigenvalue weighted by molar-refractivity contribution is -0.139. The number of ether oxygens (including phenoxy) is 2. The molecule has 1 atom stereocenters. The molecule has 0 saturated carbocycles. The zero-order chi connectivity index (χ0) is 11.8. The van der Waals surface area contributed by atoms with E-state index in [0.29, 0.717) is 12.2 Å². The quantitative estimate of drug-likeness (QED) is 0.746. The highest BCUT2D eigenvalue weighted by molar-refractivity contribution is 6.67. The van der Waals surface area contributed by atoms with E-state index in [2.05, 4.69) is 0 Å².